The Morgan fingerprint density at radius 1 is 1.08 bits per heavy atom. The molecule has 1 atom stereocenters. The zero-order chi connectivity index (χ0) is 18.9. The summed E-state index contributed by atoms with van der Waals surface area (Å²) in [7, 11) is 2.87. The highest BCUT2D eigenvalue weighted by molar-refractivity contribution is 5.94. The highest BCUT2D eigenvalue weighted by Gasteiger charge is 2.26. The number of amides is 2. The number of methoxy groups -OCH3 is 2. The number of imide groups is 1. The van der Waals surface area contributed by atoms with Crippen LogP contribution in [0.3, 0.4) is 0 Å². The smallest absolute Gasteiger partial charge is 0.413 e. The predicted octanol–water partition coefficient (Wildman–Crippen LogP) is 0.963. The van der Waals surface area contributed by atoms with Crippen molar-refractivity contribution in [3.63, 3.8) is 0 Å². The number of piperazine rings is 1. The number of nitrogens with one attached hydrogen (secondary N) is 1. The largest absolute Gasteiger partial charge is 0.497 e. The summed E-state index contributed by atoms with van der Waals surface area (Å²) in [5.41, 5.74) is 0. The van der Waals surface area contributed by atoms with Crippen molar-refractivity contribution in [3.8, 4) is 11.5 Å². The fraction of sp³-hybridized carbons (Fsp3) is 0.556. The highest BCUT2D eigenvalue weighted by Crippen LogP contribution is 2.17. The average molecular weight is 365 g/mol. The maximum Gasteiger partial charge on any atom is 0.413 e. The lowest BCUT2D eigenvalue weighted by molar-refractivity contribution is -0.125. The van der Waals surface area contributed by atoms with Gasteiger partial charge in [-0.3, -0.25) is 19.9 Å². The van der Waals surface area contributed by atoms with Gasteiger partial charge in [-0.1, -0.05) is 0 Å². The Bertz CT molecular complexity index is 585. The zero-order valence-electron chi connectivity index (χ0n) is 15.6. The lowest BCUT2D eigenvalue weighted by Gasteiger charge is -2.37. The minimum Gasteiger partial charge on any atom is -0.497 e. The quantitative estimate of drug-likeness (QED) is 0.771. The molecule has 1 heterocycles. The SMILES string of the molecule is COC(=O)NC(=O)[C@@H](C)N1CCN(CCOc2ccc(OC)cc2)CC1. The number of benzene rings is 1. The lowest BCUT2D eigenvalue weighted by Crippen LogP contribution is -2.54. The van der Waals surface area contributed by atoms with E-state index >= 15 is 0 Å². The standard InChI is InChI=1S/C18H27N3O5/c1-14(17(22)19-18(23)25-3)21-10-8-20(9-11-21)12-13-26-16-6-4-15(24-2)5-7-16/h4-7,14H,8-13H2,1-3H3,(H,19,22,23)/t14-/m1/s1. The molecule has 1 N–H and O–H groups in total. The van der Waals surface area contributed by atoms with Crippen LogP contribution in [-0.2, 0) is 9.53 Å². The summed E-state index contributed by atoms with van der Waals surface area (Å²) >= 11 is 0. The Labute approximate surface area is 154 Å². The minimum absolute atomic E-state index is 0.340. The topological polar surface area (TPSA) is 80.3 Å². The second kappa shape index (κ2) is 9.98. The van der Waals surface area contributed by atoms with E-state index in [9.17, 15) is 9.59 Å². The van der Waals surface area contributed by atoms with Crippen LogP contribution in [0.2, 0.25) is 0 Å². The van der Waals surface area contributed by atoms with Crippen molar-refractivity contribution in [2.24, 2.45) is 0 Å². The van der Waals surface area contributed by atoms with Crippen LogP contribution in [0.5, 0.6) is 11.5 Å². The van der Waals surface area contributed by atoms with Gasteiger partial charge in [0.1, 0.15) is 18.1 Å². The molecular formula is C18H27N3O5. The molecule has 8 heteroatoms. The minimum atomic E-state index is -0.726. The number of ether oxygens (including phenoxy) is 3. The van der Waals surface area contributed by atoms with Crippen molar-refractivity contribution in [2.75, 3.05) is 53.6 Å². The van der Waals surface area contributed by atoms with E-state index in [2.05, 4.69) is 19.9 Å². The maximum atomic E-state index is 12.0. The molecule has 0 radical (unpaired) electrons. The third kappa shape index (κ3) is 5.89. The van der Waals surface area contributed by atoms with Crippen molar-refractivity contribution >= 4 is 12.0 Å². The molecule has 1 aromatic rings. The highest BCUT2D eigenvalue weighted by atomic mass is 16.5. The molecule has 1 aliphatic heterocycles. The van der Waals surface area contributed by atoms with Gasteiger partial charge in [-0.05, 0) is 31.2 Å². The molecule has 1 fully saturated rings. The van der Waals surface area contributed by atoms with E-state index in [0.29, 0.717) is 6.61 Å². The lowest BCUT2D eigenvalue weighted by atomic mass is 10.2. The van der Waals surface area contributed by atoms with Crippen LogP contribution in [-0.4, -0.2) is 81.4 Å². The fourth-order valence-electron chi connectivity index (χ4n) is 2.76. The zero-order valence-corrected chi connectivity index (χ0v) is 15.6. The number of hydrogen-bond acceptors (Lipinski definition) is 7. The van der Waals surface area contributed by atoms with Crippen LogP contribution in [0.15, 0.2) is 24.3 Å². The molecule has 0 aliphatic carbocycles. The summed E-state index contributed by atoms with van der Waals surface area (Å²) in [6, 6.07) is 7.15. The Hall–Kier alpha value is -2.32. The molecule has 0 aromatic heterocycles. The van der Waals surface area contributed by atoms with Gasteiger partial charge in [0.25, 0.3) is 0 Å². The summed E-state index contributed by atoms with van der Waals surface area (Å²) in [4.78, 5) is 27.5. The van der Waals surface area contributed by atoms with E-state index < -0.39 is 6.09 Å². The van der Waals surface area contributed by atoms with Gasteiger partial charge in [0.2, 0.25) is 5.91 Å². The van der Waals surface area contributed by atoms with Gasteiger partial charge in [0.05, 0.1) is 20.3 Å². The molecule has 0 unspecified atom stereocenters. The third-order valence-corrected chi connectivity index (χ3v) is 4.48. The molecule has 8 nitrogen and oxygen atoms in total. The molecule has 1 aliphatic rings. The maximum absolute atomic E-state index is 12.0. The molecular weight excluding hydrogens is 338 g/mol. The first-order valence-corrected chi connectivity index (χ1v) is 8.65. The van der Waals surface area contributed by atoms with Crippen molar-refractivity contribution in [2.45, 2.75) is 13.0 Å². The Kier molecular flexibility index (Phi) is 7.68. The molecule has 2 rings (SSSR count). The third-order valence-electron chi connectivity index (χ3n) is 4.48. The van der Waals surface area contributed by atoms with Crippen molar-refractivity contribution in [1.82, 2.24) is 15.1 Å². The number of carbonyl (C=O) groups is 2. The second-order valence-electron chi connectivity index (χ2n) is 6.06. The van der Waals surface area contributed by atoms with Crippen molar-refractivity contribution in [1.29, 1.82) is 0 Å². The molecule has 26 heavy (non-hydrogen) atoms. The normalized spacial score (nSPS) is 16.6. The summed E-state index contributed by atoms with van der Waals surface area (Å²) in [6.45, 7) is 6.44. The van der Waals surface area contributed by atoms with Gasteiger partial charge in [-0.2, -0.15) is 0 Å². The number of alkyl carbamates (subject to hydrolysis) is 1. The average Bonchev–Trinajstić information content (AvgIpc) is 2.68. The number of rotatable bonds is 7. The second-order valence-corrected chi connectivity index (χ2v) is 6.06. The molecule has 2 amide bonds. The summed E-state index contributed by atoms with van der Waals surface area (Å²) in [5.74, 6) is 1.28. The van der Waals surface area contributed by atoms with Crippen LogP contribution in [0.1, 0.15) is 6.92 Å². The van der Waals surface area contributed by atoms with Gasteiger partial charge in [0, 0.05) is 32.7 Å². The van der Waals surface area contributed by atoms with E-state index in [-0.39, 0.29) is 11.9 Å². The predicted molar refractivity (Wildman–Crippen MR) is 96.5 cm³/mol. The Morgan fingerprint density at radius 2 is 1.69 bits per heavy atom. The fourth-order valence-corrected chi connectivity index (χ4v) is 2.76. The molecule has 1 saturated heterocycles. The van der Waals surface area contributed by atoms with Crippen LogP contribution in [0, 0.1) is 0 Å². The van der Waals surface area contributed by atoms with E-state index in [4.69, 9.17) is 9.47 Å². The van der Waals surface area contributed by atoms with Crippen molar-refractivity contribution in [3.05, 3.63) is 24.3 Å². The van der Waals surface area contributed by atoms with E-state index in [0.717, 1.165) is 44.2 Å². The summed E-state index contributed by atoms with van der Waals surface area (Å²) in [6.07, 6.45) is -0.726. The number of carbonyl (C=O) groups excluding carboxylic acids is 2. The van der Waals surface area contributed by atoms with Crippen LogP contribution in [0.4, 0.5) is 4.79 Å². The van der Waals surface area contributed by atoms with Crippen LogP contribution < -0.4 is 14.8 Å². The number of hydrogen-bond donors (Lipinski definition) is 1. The monoisotopic (exact) mass is 365 g/mol. The van der Waals surface area contributed by atoms with E-state index in [1.807, 2.05) is 24.3 Å². The van der Waals surface area contributed by atoms with E-state index in [1.54, 1.807) is 14.0 Å². The van der Waals surface area contributed by atoms with Gasteiger partial charge in [-0.15, -0.1) is 0 Å². The first-order chi connectivity index (χ1) is 12.5. The molecule has 144 valence electrons. The van der Waals surface area contributed by atoms with Gasteiger partial charge in [-0.25, -0.2) is 4.79 Å². The Balaban J connectivity index is 1.67. The van der Waals surface area contributed by atoms with Gasteiger partial charge in [0.15, 0.2) is 0 Å². The van der Waals surface area contributed by atoms with Crippen LogP contribution in [0.25, 0.3) is 0 Å². The van der Waals surface area contributed by atoms with Crippen LogP contribution >= 0.6 is 0 Å². The van der Waals surface area contributed by atoms with E-state index in [1.165, 1.54) is 7.11 Å². The Morgan fingerprint density at radius 3 is 2.27 bits per heavy atom. The summed E-state index contributed by atoms with van der Waals surface area (Å²) < 4.78 is 15.3. The van der Waals surface area contributed by atoms with Crippen molar-refractivity contribution < 1.29 is 23.8 Å². The summed E-state index contributed by atoms with van der Waals surface area (Å²) in [5, 5.41) is 2.21. The molecule has 0 spiro atoms. The first kappa shape index (κ1) is 20.0. The van der Waals surface area contributed by atoms with Gasteiger partial charge < -0.3 is 14.2 Å². The van der Waals surface area contributed by atoms with Gasteiger partial charge >= 0.3 is 6.09 Å². The molecule has 1 aromatic carbocycles. The first-order valence-electron chi connectivity index (χ1n) is 8.65. The molecule has 0 bridgehead atoms. The molecule has 0 saturated carbocycles. The number of nitrogens with zero attached hydrogens (tertiary/aromatic N) is 2.